The van der Waals surface area contributed by atoms with Gasteiger partial charge >= 0.3 is 0 Å². The van der Waals surface area contributed by atoms with Crippen LogP contribution >= 0.6 is 0 Å². The monoisotopic (exact) mass is 289 g/mol. The number of piperidine rings is 1. The molecule has 2 atom stereocenters. The second-order valence-electron chi connectivity index (χ2n) is 5.92. The van der Waals surface area contributed by atoms with Crippen molar-refractivity contribution in [3.05, 3.63) is 23.9 Å². The van der Waals surface area contributed by atoms with Crippen molar-refractivity contribution in [3.63, 3.8) is 0 Å². The van der Waals surface area contributed by atoms with Gasteiger partial charge in [0.25, 0.3) is 5.91 Å². The predicted octanol–water partition coefficient (Wildman–Crippen LogP) is 1.69. The number of aromatic nitrogens is 1. The SMILES string of the molecule is COc1ncccc1C(=O)N1CCCC(C2CCCN2)C1. The summed E-state index contributed by atoms with van der Waals surface area (Å²) in [6.07, 6.45) is 6.44. The van der Waals surface area contributed by atoms with E-state index in [2.05, 4.69) is 10.3 Å². The van der Waals surface area contributed by atoms with Gasteiger partial charge in [-0.1, -0.05) is 0 Å². The maximum atomic E-state index is 12.7. The van der Waals surface area contributed by atoms with Crippen LogP contribution in [-0.2, 0) is 0 Å². The predicted molar refractivity (Wildman–Crippen MR) is 80.4 cm³/mol. The minimum absolute atomic E-state index is 0.0441. The second-order valence-corrected chi connectivity index (χ2v) is 5.92. The molecule has 2 saturated heterocycles. The summed E-state index contributed by atoms with van der Waals surface area (Å²) in [5.74, 6) is 1.04. The van der Waals surface area contributed by atoms with Gasteiger partial charge < -0.3 is 15.0 Å². The molecule has 0 aliphatic carbocycles. The van der Waals surface area contributed by atoms with Gasteiger partial charge in [0.1, 0.15) is 5.56 Å². The number of nitrogens with one attached hydrogen (secondary N) is 1. The Morgan fingerprint density at radius 3 is 3.10 bits per heavy atom. The molecule has 2 unspecified atom stereocenters. The fourth-order valence-electron chi connectivity index (χ4n) is 3.52. The van der Waals surface area contributed by atoms with Crippen LogP contribution in [0.25, 0.3) is 0 Å². The van der Waals surface area contributed by atoms with E-state index in [1.165, 1.54) is 19.3 Å². The number of rotatable bonds is 3. The molecular formula is C16H23N3O2. The number of nitrogens with zero attached hydrogens (tertiary/aromatic N) is 2. The van der Waals surface area contributed by atoms with E-state index in [1.807, 2.05) is 4.90 Å². The molecule has 1 N–H and O–H groups in total. The summed E-state index contributed by atoms with van der Waals surface area (Å²) in [5, 5.41) is 3.57. The zero-order chi connectivity index (χ0) is 14.7. The molecule has 5 nitrogen and oxygen atoms in total. The number of hydrogen-bond donors (Lipinski definition) is 1. The fraction of sp³-hybridized carbons (Fsp3) is 0.625. The van der Waals surface area contributed by atoms with Gasteiger partial charge in [0.2, 0.25) is 5.88 Å². The van der Waals surface area contributed by atoms with Crippen molar-refractivity contribution in [1.82, 2.24) is 15.2 Å². The quantitative estimate of drug-likeness (QED) is 0.920. The Bertz CT molecular complexity index is 500. The molecule has 0 aromatic carbocycles. The van der Waals surface area contributed by atoms with E-state index in [1.54, 1.807) is 25.4 Å². The number of pyridine rings is 1. The molecule has 0 bridgehead atoms. The molecule has 5 heteroatoms. The van der Waals surface area contributed by atoms with Crippen LogP contribution < -0.4 is 10.1 Å². The van der Waals surface area contributed by atoms with Gasteiger partial charge in [-0.3, -0.25) is 4.79 Å². The number of amides is 1. The largest absolute Gasteiger partial charge is 0.480 e. The first-order chi connectivity index (χ1) is 10.3. The zero-order valence-electron chi connectivity index (χ0n) is 12.5. The number of ether oxygens (including phenoxy) is 1. The minimum atomic E-state index is 0.0441. The third kappa shape index (κ3) is 3.02. The number of carbonyl (C=O) groups is 1. The summed E-state index contributed by atoms with van der Waals surface area (Å²) in [4.78, 5) is 18.8. The molecular weight excluding hydrogens is 266 g/mol. The van der Waals surface area contributed by atoms with Crippen LogP contribution in [0.15, 0.2) is 18.3 Å². The first-order valence-electron chi connectivity index (χ1n) is 7.81. The smallest absolute Gasteiger partial charge is 0.259 e. The van der Waals surface area contributed by atoms with Crippen LogP contribution in [0.3, 0.4) is 0 Å². The van der Waals surface area contributed by atoms with Crippen molar-refractivity contribution in [1.29, 1.82) is 0 Å². The average molecular weight is 289 g/mol. The van der Waals surface area contributed by atoms with Gasteiger partial charge in [-0.15, -0.1) is 0 Å². The van der Waals surface area contributed by atoms with E-state index in [0.717, 1.165) is 26.1 Å². The van der Waals surface area contributed by atoms with Gasteiger partial charge in [-0.25, -0.2) is 4.98 Å². The van der Waals surface area contributed by atoms with Crippen molar-refractivity contribution < 1.29 is 9.53 Å². The van der Waals surface area contributed by atoms with Crippen LogP contribution in [0.5, 0.6) is 5.88 Å². The van der Waals surface area contributed by atoms with E-state index in [-0.39, 0.29) is 5.91 Å². The van der Waals surface area contributed by atoms with E-state index in [9.17, 15) is 4.79 Å². The lowest BCUT2D eigenvalue weighted by molar-refractivity contribution is 0.0647. The number of carbonyl (C=O) groups excluding carboxylic acids is 1. The molecule has 3 rings (SSSR count). The Morgan fingerprint density at radius 2 is 2.33 bits per heavy atom. The average Bonchev–Trinajstić information content (AvgIpc) is 3.09. The Labute approximate surface area is 125 Å². The van der Waals surface area contributed by atoms with E-state index in [4.69, 9.17) is 4.74 Å². The highest BCUT2D eigenvalue weighted by atomic mass is 16.5. The molecule has 0 spiro atoms. The summed E-state index contributed by atoms with van der Waals surface area (Å²) in [7, 11) is 1.56. The van der Waals surface area contributed by atoms with E-state index in [0.29, 0.717) is 23.4 Å². The summed E-state index contributed by atoms with van der Waals surface area (Å²) in [6.45, 7) is 2.79. The highest BCUT2D eigenvalue weighted by Crippen LogP contribution is 2.26. The maximum absolute atomic E-state index is 12.7. The molecule has 1 aromatic heterocycles. The Balaban J connectivity index is 1.71. The van der Waals surface area contributed by atoms with Crippen LogP contribution in [0.1, 0.15) is 36.0 Å². The van der Waals surface area contributed by atoms with Gasteiger partial charge in [-0.05, 0) is 50.3 Å². The third-order valence-electron chi connectivity index (χ3n) is 4.61. The Hall–Kier alpha value is -1.62. The van der Waals surface area contributed by atoms with Crippen molar-refractivity contribution in [2.24, 2.45) is 5.92 Å². The number of likely N-dealkylation sites (tertiary alicyclic amines) is 1. The van der Waals surface area contributed by atoms with E-state index >= 15 is 0 Å². The van der Waals surface area contributed by atoms with Crippen LogP contribution in [0, 0.1) is 5.92 Å². The third-order valence-corrected chi connectivity index (χ3v) is 4.61. The maximum Gasteiger partial charge on any atom is 0.259 e. The highest BCUT2D eigenvalue weighted by molar-refractivity contribution is 5.96. The lowest BCUT2D eigenvalue weighted by atomic mass is 9.89. The van der Waals surface area contributed by atoms with Crippen molar-refractivity contribution in [2.75, 3.05) is 26.7 Å². The van der Waals surface area contributed by atoms with Gasteiger partial charge in [0.15, 0.2) is 0 Å². The molecule has 2 fully saturated rings. The molecule has 2 aliphatic rings. The summed E-state index contributed by atoms with van der Waals surface area (Å²) in [6, 6.07) is 4.16. The van der Waals surface area contributed by atoms with Crippen LogP contribution in [0.2, 0.25) is 0 Å². The molecule has 0 saturated carbocycles. The summed E-state index contributed by atoms with van der Waals surface area (Å²) in [5.41, 5.74) is 0.569. The lowest BCUT2D eigenvalue weighted by Crippen LogP contribution is -2.46. The van der Waals surface area contributed by atoms with E-state index < -0.39 is 0 Å². The zero-order valence-corrected chi connectivity index (χ0v) is 12.5. The highest BCUT2D eigenvalue weighted by Gasteiger charge is 2.32. The standard InChI is InChI=1S/C16H23N3O2/c1-21-15-13(6-2-9-18-15)16(20)19-10-4-5-12(11-19)14-7-3-8-17-14/h2,6,9,12,14,17H,3-5,7-8,10-11H2,1H3. The van der Waals surface area contributed by atoms with Gasteiger partial charge in [0, 0.05) is 25.3 Å². The fourth-order valence-corrected chi connectivity index (χ4v) is 3.52. The molecule has 21 heavy (non-hydrogen) atoms. The summed E-state index contributed by atoms with van der Waals surface area (Å²) >= 11 is 0. The second kappa shape index (κ2) is 6.43. The van der Waals surface area contributed by atoms with Crippen molar-refractivity contribution in [2.45, 2.75) is 31.7 Å². The Kier molecular flexibility index (Phi) is 4.39. The first-order valence-corrected chi connectivity index (χ1v) is 7.81. The van der Waals surface area contributed by atoms with Gasteiger partial charge in [-0.2, -0.15) is 0 Å². The number of methoxy groups -OCH3 is 1. The topological polar surface area (TPSA) is 54.5 Å². The minimum Gasteiger partial charge on any atom is -0.480 e. The lowest BCUT2D eigenvalue weighted by Gasteiger charge is -2.36. The molecule has 0 radical (unpaired) electrons. The van der Waals surface area contributed by atoms with Gasteiger partial charge in [0.05, 0.1) is 7.11 Å². The summed E-state index contributed by atoms with van der Waals surface area (Å²) < 4.78 is 5.21. The Morgan fingerprint density at radius 1 is 1.43 bits per heavy atom. The first kappa shape index (κ1) is 14.3. The van der Waals surface area contributed by atoms with Crippen molar-refractivity contribution in [3.8, 4) is 5.88 Å². The van der Waals surface area contributed by atoms with Crippen LogP contribution in [0.4, 0.5) is 0 Å². The molecule has 1 amide bonds. The normalized spacial score (nSPS) is 25.9. The number of hydrogen-bond acceptors (Lipinski definition) is 4. The van der Waals surface area contributed by atoms with Crippen molar-refractivity contribution >= 4 is 5.91 Å². The molecule has 2 aliphatic heterocycles. The molecule has 114 valence electrons. The van der Waals surface area contributed by atoms with Crippen LogP contribution in [-0.4, -0.2) is 48.6 Å². The molecule has 3 heterocycles. The molecule has 1 aromatic rings.